The number of nitrogens with one attached hydrogen (secondary N) is 2. The molecule has 3 nitrogen and oxygen atoms in total. The first-order chi connectivity index (χ1) is 9.50. The molecule has 1 aromatic heterocycles. The predicted octanol–water partition coefficient (Wildman–Crippen LogP) is 4.30. The third-order valence-corrected chi connectivity index (χ3v) is 4.98. The van der Waals surface area contributed by atoms with Crippen LogP contribution in [0.2, 0.25) is 0 Å². The van der Waals surface area contributed by atoms with Gasteiger partial charge in [0, 0.05) is 12.4 Å². The van der Waals surface area contributed by atoms with Gasteiger partial charge in [-0.05, 0) is 55.9 Å². The summed E-state index contributed by atoms with van der Waals surface area (Å²) in [5.74, 6) is 2.83. The fraction of sp³-hybridized carbons (Fsp3) is 0.824. The highest BCUT2D eigenvalue weighted by atomic mass is 15.0. The third-order valence-electron chi connectivity index (χ3n) is 4.98. The fourth-order valence-electron chi connectivity index (χ4n) is 3.44. The van der Waals surface area contributed by atoms with Crippen molar-refractivity contribution in [3.8, 4) is 0 Å². The molecule has 0 saturated heterocycles. The van der Waals surface area contributed by atoms with Crippen LogP contribution in [0, 0.1) is 17.3 Å². The highest BCUT2D eigenvalue weighted by Crippen LogP contribution is 2.39. The van der Waals surface area contributed by atoms with Crippen molar-refractivity contribution in [2.45, 2.75) is 65.8 Å². The highest BCUT2D eigenvalue weighted by molar-refractivity contribution is 4.95. The van der Waals surface area contributed by atoms with E-state index in [2.05, 4.69) is 43.0 Å². The Morgan fingerprint density at radius 2 is 2.00 bits per heavy atom. The van der Waals surface area contributed by atoms with Crippen molar-refractivity contribution in [2.24, 2.45) is 17.3 Å². The van der Waals surface area contributed by atoms with Crippen molar-refractivity contribution in [1.29, 1.82) is 0 Å². The maximum atomic E-state index is 4.38. The molecule has 0 bridgehead atoms. The number of H-pyrrole nitrogens is 1. The zero-order valence-electron chi connectivity index (χ0n) is 13.6. The molecule has 1 aliphatic carbocycles. The average molecular weight is 277 g/mol. The van der Waals surface area contributed by atoms with E-state index in [9.17, 15) is 0 Å². The molecule has 114 valence electrons. The summed E-state index contributed by atoms with van der Waals surface area (Å²) in [5, 5.41) is 3.70. The molecule has 2 N–H and O–H groups in total. The SMILES string of the molecule is CCC(NCC1CCC(C(C)(C)C)CC1)c1ncc[nH]1. The van der Waals surface area contributed by atoms with Crippen LogP contribution in [0.15, 0.2) is 12.4 Å². The molecular formula is C17H31N3. The van der Waals surface area contributed by atoms with Gasteiger partial charge in [-0.2, -0.15) is 0 Å². The molecule has 0 aromatic carbocycles. The molecule has 1 unspecified atom stereocenters. The molecular weight excluding hydrogens is 246 g/mol. The molecule has 0 radical (unpaired) electrons. The summed E-state index contributed by atoms with van der Waals surface area (Å²) in [7, 11) is 0. The van der Waals surface area contributed by atoms with Crippen molar-refractivity contribution < 1.29 is 0 Å². The lowest BCUT2D eigenvalue weighted by atomic mass is 9.70. The van der Waals surface area contributed by atoms with E-state index in [0.717, 1.165) is 30.6 Å². The topological polar surface area (TPSA) is 40.7 Å². The monoisotopic (exact) mass is 277 g/mol. The minimum Gasteiger partial charge on any atom is -0.347 e. The van der Waals surface area contributed by atoms with Gasteiger partial charge in [-0.1, -0.05) is 27.7 Å². The minimum atomic E-state index is 0.380. The summed E-state index contributed by atoms with van der Waals surface area (Å²) in [4.78, 5) is 7.61. The second kappa shape index (κ2) is 6.75. The van der Waals surface area contributed by atoms with Crippen LogP contribution < -0.4 is 5.32 Å². The molecule has 2 rings (SSSR count). The van der Waals surface area contributed by atoms with Gasteiger partial charge >= 0.3 is 0 Å². The molecule has 1 heterocycles. The van der Waals surface area contributed by atoms with E-state index in [4.69, 9.17) is 0 Å². The van der Waals surface area contributed by atoms with Gasteiger partial charge in [0.2, 0.25) is 0 Å². The van der Waals surface area contributed by atoms with E-state index in [0.29, 0.717) is 11.5 Å². The van der Waals surface area contributed by atoms with E-state index in [1.54, 1.807) is 0 Å². The fourth-order valence-corrected chi connectivity index (χ4v) is 3.44. The number of hydrogen-bond acceptors (Lipinski definition) is 2. The summed E-state index contributed by atoms with van der Waals surface area (Å²) in [6, 6.07) is 0.380. The molecule has 1 saturated carbocycles. The largest absolute Gasteiger partial charge is 0.347 e. The second-order valence-electron chi connectivity index (χ2n) is 7.43. The van der Waals surface area contributed by atoms with Crippen LogP contribution in [-0.2, 0) is 0 Å². The van der Waals surface area contributed by atoms with Gasteiger partial charge in [0.1, 0.15) is 5.82 Å². The molecule has 1 fully saturated rings. The Labute approximate surface area is 124 Å². The standard InChI is InChI=1S/C17H31N3/c1-5-15(16-18-10-11-19-16)20-12-13-6-8-14(9-7-13)17(2,3)4/h10-11,13-15,20H,5-9,12H2,1-4H3,(H,18,19). The van der Waals surface area contributed by atoms with Gasteiger partial charge in [-0.25, -0.2) is 4.98 Å². The van der Waals surface area contributed by atoms with Crippen molar-refractivity contribution >= 4 is 0 Å². The zero-order chi connectivity index (χ0) is 14.6. The number of hydrogen-bond donors (Lipinski definition) is 2. The average Bonchev–Trinajstić information content (AvgIpc) is 2.93. The van der Waals surface area contributed by atoms with Gasteiger partial charge in [-0.15, -0.1) is 0 Å². The third kappa shape index (κ3) is 4.08. The van der Waals surface area contributed by atoms with Gasteiger partial charge in [0.25, 0.3) is 0 Å². The van der Waals surface area contributed by atoms with Crippen LogP contribution in [-0.4, -0.2) is 16.5 Å². The van der Waals surface area contributed by atoms with Crippen molar-refractivity contribution in [1.82, 2.24) is 15.3 Å². The first-order valence-corrected chi connectivity index (χ1v) is 8.23. The number of rotatable bonds is 5. The zero-order valence-corrected chi connectivity index (χ0v) is 13.6. The summed E-state index contributed by atoms with van der Waals surface area (Å²) < 4.78 is 0. The molecule has 0 aliphatic heterocycles. The lowest BCUT2D eigenvalue weighted by molar-refractivity contribution is 0.147. The molecule has 20 heavy (non-hydrogen) atoms. The van der Waals surface area contributed by atoms with E-state index in [1.807, 2.05) is 12.4 Å². The van der Waals surface area contributed by atoms with Gasteiger partial charge in [-0.3, -0.25) is 0 Å². The Morgan fingerprint density at radius 3 is 2.50 bits per heavy atom. The maximum absolute atomic E-state index is 4.38. The summed E-state index contributed by atoms with van der Waals surface area (Å²) in [6.45, 7) is 10.5. The highest BCUT2D eigenvalue weighted by Gasteiger charge is 2.29. The lowest BCUT2D eigenvalue weighted by Gasteiger charge is -2.37. The lowest BCUT2D eigenvalue weighted by Crippen LogP contribution is -2.32. The van der Waals surface area contributed by atoms with E-state index in [1.165, 1.54) is 25.7 Å². The molecule has 0 amide bonds. The Balaban J connectivity index is 1.76. The van der Waals surface area contributed by atoms with E-state index < -0.39 is 0 Å². The maximum Gasteiger partial charge on any atom is 0.123 e. The first kappa shape index (κ1) is 15.6. The van der Waals surface area contributed by atoms with E-state index >= 15 is 0 Å². The number of nitrogens with zero attached hydrogens (tertiary/aromatic N) is 1. The smallest absolute Gasteiger partial charge is 0.123 e. The van der Waals surface area contributed by atoms with Crippen LogP contribution in [0.25, 0.3) is 0 Å². The molecule has 1 aliphatic rings. The van der Waals surface area contributed by atoms with Crippen molar-refractivity contribution in [3.05, 3.63) is 18.2 Å². The van der Waals surface area contributed by atoms with Gasteiger partial charge in [0.05, 0.1) is 6.04 Å². The molecule has 3 heteroatoms. The number of aromatic nitrogens is 2. The molecule has 1 aromatic rings. The van der Waals surface area contributed by atoms with E-state index in [-0.39, 0.29) is 0 Å². The minimum absolute atomic E-state index is 0.380. The van der Waals surface area contributed by atoms with Crippen molar-refractivity contribution in [2.75, 3.05) is 6.54 Å². The van der Waals surface area contributed by atoms with Gasteiger partial charge in [0.15, 0.2) is 0 Å². The van der Waals surface area contributed by atoms with Crippen LogP contribution in [0.4, 0.5) is 0 Å². The summed E-state index contributed by atoms with van der Waals surface area (Å²) in [6.07, 6.45) is 10.4. The van der Waals surface area contributed by atoms with Gasteiger partial charge < -0.3 is 10.3 Å². The van der Waals surface area contributed by atoms with Crippen LogP contribution >= 0.6 is 0 Å². The summed E-state index contributed by atoms with van der Waals surface area (Å²) in [5.41, 5.74) is 0.485. The predicted molar refractivity (Wildman–Crippen MR) is 84.5 cm³/mol. The second-order valence-corrected chi connectivity index (χ2v) is 7.43. The van der Waals surface area contributed by atoms with Crippen LogP contribution in [0.1, 0.15) is 71.7 Å². The number of imidazole rings is 1. The van der Waals surface area contributed by atoms with Crippen molar-refractivity contribution in [3.63, 3.8) is 0 Å². The Kier molecular flexibility index (Phi) is 5.25. The first-order valence-electron chi connectivity index (χ1n) is 8.23. The normalized spacial score (nSPS) is 25.6. The summed E-state index contributed by atoms with van der Waals surface area (Å²) >= 11 is 0. The van der Waals surface area contributed by atoms with Crippen LogP contribution in [0.5, 0.6) is 0 Å². The Bertz CT molecular complexity index is 369. The Morgan fingerprint density at radius 1 is 1.30 bits per heavy atom. The van der Waals surface area contributed by atoms with Crippen LogP contribution in [0.3, 0.4) is 0 Å². The molecule has 1 atom stereocenters. The Hall–Kier alpha value is -0.830. The quantitative estimate of drug-likeness (QED) is 0.842. The molecule has 0 spiro atoms. The number of aromatic amines is 1.